The zero-order valence-corrected chi connectivity index (χ0v) is 9.32. The molecular weight excluding hydrogens is 210 g/mol. The third kappa shape index (κ3) is 1.36. The van der Waals surface area contributed by atoms with Crippen molar-refractivity contribution in [2.75, 3.05) is 6.61 Å². The van der Waals surface area contributed by atoms with Gasteiger partial charge in [0.15, 0.2) is 0 Å². The summed E-state index contributed by atoms with van der Waals surface area (Å²) in [4.78, 5) is 3.47. The van der Waals surface area contributed by atoms with Crippen LogP contribution in [0.2, 0.25) is 5.02 Å². The zero-order valence-electron chi connectivity index (χ0n) is 8.56. The molecule has 1 aliphatic heterocycles. The van der Waals surface area contributed by atoms with E-state index in [1.54, 1.807) is 0 Å². The number of fused-ring (bicyclic) bond motifs is 3. The van der Waals surface area contributed by atoms with Crippen LogP contribution in [-0.2, 0) is 17.8 Å². The highest BCUT2D eigenvalue weighted by atomic mass is 35.5. The average molecular weight is 222 g/mol. The Hall–Kier alpha value is -0.990. The van der Waals surface area contributed by atoms with Gasteiger partial charge >= 0.3 is 0 Å². The molecule has 78 valence electrons. The Morgan fingerprint density at radius 1 is 1.40 bits per heavy atom. The fourth-order valence-corrected chi connectivity index (χ4v) is 2.54. The third-order valence-corrected chi connectivity index (χ3v) is 3.23. The summed E-state index contributed by atoms with van der Waals surface area (Å²) in [6.45, 7) is 3.60. The van der Waals surface area contributed by atoms with E-state index in [1.165, 1.54) is 27.7 Å². The predicted octanol–water partition coefficient (Wildman–Crippen LogP) is 3.20. The Labute approximate surface area is 93.2 Å². The van der Waals surface area contributed by atoms with E-state index in [1.807, 2.05) is 12.1 Å². The second-order valence-electron chi connectivity index (χ2n) is 4.03. The Morgan fingerprint density at radius 3 is 3.13 bits per heavy atom. The molecule has 0 aliphatic carbocycles. The van der Waals surface area contributed by atoms with Crippen molar-refractivity contribution in [2.45, 2.75) is 20.0 Å². The first-order chi connectivity index (χ1) is 7.25. The Morgan fingerprint density at radius 2 is 2.27 bits per heavy atom. The van der Waals surface area contributed by atoms with Gasteiger partial charge in [0.05, 0.1) is 13.2 Å². The molecule has 1 N–H and O–H groups in total. The van der Waals surface area contributed by atoms with Crippen molar-refractivity contribution in [1.82, 2.24) is 4.98 Å². The van der Waals surface area contributed by atoms with Gasteiger partial charge in [-0.15, -0.1) is 0 Å². The minimum absolute atomic E-state index is 0.703. The van der Waals surface area contributed by atoms with Crippen LogP contribution >= 0.6 is 11.6 Å². The number of aryl methyl sites for hydroxylation is 1. The molecule has 0 bridgehead atoms. The van der Waals surface area contributed by atoms with E-state index in [9.17, 15) is 0 Å². The molecule has 0 saturated heterocycles. The molecule has 0 amide bonds. The van der Waals surface area contributed by atoms with Gasteiger partial charge in [0.25, 0.3) is 0 Å². The van der Waals surface area contributed by atoms with Gasteiger partial charge in [-0.05, 0) is 24.6 Å². The Kier molecular flexibility index (Phi) is 2.01. The molecule has 1 aliphatic rings. The molecule has 15 heavy (non-hydrogen) atoms. The van der Waals surface area contributed by atoms with Crippen LogP contribution < -0.4 is 0 Å². The van der Waals surface area contributed by atoms with Crippen LogP contribution in [0.15, 0.2) is 12.1 Å². The number of benzene rings is 1. The molecule has 0 fully saturated rings. The highest BCUT2D eigenvalue weighted by molar-refractivity contribution is 6.31. The standard InChI is InChI=1S/C12H12ClNO/c1-7-4-8(13)5-9-10-6-15-3-2-11(10)14-12(7)9/h4-5,14H,2-3,6H2,1H3. The SMILES string of the molecule is Cc1cc(Cl)cc2c3c([nH]c12)CCOC3. The van der Waals surface area contributed by atoms with Crippen LogP contribution in [0.1, 0.15) is 16.8 Å². The highest BCUT2D eigenvalue weighted by Crippen LogP contribution is 2.30. The summed E-state index contributed by atoms with van der Waals surface area (Å²) in [5.74, 6) is 0. The molecule has 2 aromatic rings. The molecule has 2 nitrogen and oxygen atoms in total. The van der Waals surface area contributed by atoms with Gasteiger partial charge in [0.2, 0.25) is 0 Å². The van der Waals surface area contributed by atoms with Gasteiger partial charge in [0.1, 0.15) is 0 Å². The Balaban J connectivity index is 2.37. The van der Waals surface area contributed by atoms with E-state index in [2.05, 4.69) is 11.9 Å². The smallest absolute Gasteiger partial charge is 0.0740 e. The molecule has 0 saturated carbocycles. The topological polar surface area (TPSA) is 25.0 Å². The maximum Gasteiger partial charge on any atom is 0.0740 e. The quantitative estimate of drug-likeness (QED) is 0.726. The summed E-state index contributed by atoms with van der Waals surface area (Å²) in [5, 5.41) is 2.02. The second-order valence-corrected chi connectivity index (χ2v) is 4.47. The van der Waals surface area contributed by atoms with Gasteiger partial charge in [-0.3, -0.25) is 0 Å². The molecular formula is C12H12ClNO. The molecule has 0 radical (unpaired) electrons. The van der Waals surface area contributed by atoms with Crippen molar-refractivity contribution in [1.29, 1.82) is 0 Å². The number of hydrogen-bond acceptors (Lipinski definition) is 1. The van der Waals surface area contributed by atoms with Crippen molar-refractivity contribution in [2.24, 2.45) is 0 Å². The largest absolute Gasteiger partial charge is 0.376 e. The van der Waals surface area contributed by atoms with Crippen molar-refractivity contribution in [3.63, 3.8) is 0 Å². The summed E-state index contributed by atoms with van der Waals surface area (Å²) >= 11 is 6.07. The van der Waals surface area contributed by atoms with E-state index in [0.29, 0.717) is 6.61 Å². The lowest BCUT2D eigenvalue weighted by atomic mass is 10.1. The van der Waals surface area contributed by atoms with Crippen LogP contribution in [-0.4, -0.2) is 11.6 Å². The minimum atomic E-state index is 0.703. The Bertz CT molecular complexity index is 530. The lowest BCUT2D eigenvalue weighted by Crippen LogP contribution is -2.08. The third-order valence-electron chi connectivity index (χ3n) is 3.01. The average Bonchev–Trinajstić information content (AvgIpc) is 2.57. The van der Waals surface area contributed by atoms with Gasteiger partial charge < -0.3 is 9.72 Å². The molecule has 0 unspecified atom stereocenters. The number of aromatic amines is 1. The van der Waals surface area contributed by atoms with Gasteiger partial charge in [-0.2, -0.15) is 0 Å². The summed E-state index contributed by atoms with van der Waals surface area (Å²) in [6, 6.07) is 4.01. The van der Waals surface area contributed by atoms with E-state index in [-0.39, 0.29) is 0 Å². The summed E-state index contributed by atoms with van der Waals surface area (Å²) in [6.07, 6.45) is 0.973. The van der Waals surface area contributed by atoms with Crippen molar-refractivity contribution >= 4 is 22.5 Å². The van der Waals surface area contributed by atoms with Crippen LogP contribution in [0.25, 0.3) is 10.9 Å². The number of H-pyrrole nitrogens is 1. The highest BCUT2D eigenvalue weighted by Gasteiger charge is 2.16. The lowest BCUT2D eigenvalue weighted by molar-refractivity contribution is 0.111. The fourth-order valence-electron chi connectivity index (χ4n) is 2.26. The predicted molar refractivity (Wildman–Crippen MR) is 61.4 cm³/mol. The molecule has 3 rings (SSSR count). The summed E-state index contributed by atoms with van der Waals surface area (Å²) < 4.78 is 5.48. The molecule has 1 aromatic heterocycles. The normalized spacial score (nSPS) is 15.6. The van der Waals surface area contributed by atoms with E-state index in [4.69, 9.17) is 16.3 Å². The first-order valence-electron chi connectivity index (χ1n) is 5.13. The summed E-state index contributed by atoms with van der Waals surface area (Å²) in [5.41, 5.74) is 4.99. The fraction of sp³-hybridized carbons (Fsp3) is 0.333. The van der Waals surface area contributed by atoms with Gasteiger partial charge in [-0.25, -0.2) is 0 Å². The number of ether oxygens (including phenoxy) is 1. The van der Waals surface area contributed by atoms with Crippen LogP contribution in [0, 0.1) is 6.92 Å². The number of hydrogen-bond donors (Lipinski definition) is 1. The lowest BCUT2D eigenvalue weighted by Gasteiger charge is -2.11. The molecule has 0 atom stereocenters. The maximum atomic E-state index is 6.07. The number of aromatic nitrogens is 1. The second kappa shape index (κ2) is 3.26. The van der Waals surface area contributed by atoms with E-state index < -0.39 is 0 Å². The molecule has 0 spiro atoms. The molecule has 1 aromatic carbocycles. The van der Waals surface area contributed by atoms with Crippen LogP contribution in [0.3, 0.4) is 0 Å². The summed E-state index contributed by atoms with van der Waals surface area (Å²) in [7, 11) is 0. The molecule has 3 heteroatoms. The first-order valence-corrected chi connectivity index (χ1v) is 5.51. The monoisotopic (exact) mass is 221 g/mol. The molecule has 2 heterocycles. The zero-order chi connectivity index (χ0) is 10.4. The van der Waals surface area contributed by atoms with E-state index >= 15 is 0 Å². The minimum Gasteiger partial charge on any atom is -0.376 e. The van der Waals surface area contributed by atoms with Crippen molar-refractivity contribution < 1.29 is 4.74 Å². The van der Waals surface area contributed by atoms with Crippen molar-refractivity contribution in [3.8, 4) is 0 Å². The first kappa shape index (κ1) is 9.25. The number of halogens is 1. The van der Waals surface area contributed by atoms with Crippen molar-refractivity contribution in [3.05, 3.63) is 34.0 Å². The number of rotatable bonds is 0. The van der Waals surface area contributed by atoms with Gasteiger partial charge in [0, 0.05) is 33.6 Å². The number of nitrogens with one attached hydrogen (secondary N) is 1. The van der Waals surface area contributed by atoms with E-state index in [0.717, 1.165) is 18.1 Å². The van der Waals surface area contributed by atoms with Crippen LogP contribution in [0.4, 0.5) is 0 Å². The van der Waals surface area contributed by atoms with Crippen LogP contribution in [0.5, 0.6) is 0 Å². The maximum absolute atomic E-state index is 6.07. The van der Waals surface area contributed by atoms with Gasteiger partial charge in [-0.1, -0.05) is 11.6 Å².